The van der Waals surface area contributed by atoms with Crippen molar-refractivity contribution in [1.29, 1.82) is 0 Å². The predicted molar refractivity (Wildman–Crippen MR) is 86.0 cm³/mol. The average molecular weight is 386 g/mol. The van der Waals surface area contributed by atoms with E-state index < -0.39 is 23.6 Å². The Morgan fingerprint density at radius 1 is 1.33 bits per heavy atom. The second kappa shape index (κ2) is 8.06. The molecule has 1 aromatic heterocycles. The number of aromatic nitrogens is 3. The van der Waals surface area contributed by atoms with E-state index in [4.69, 9.17) is 9.84 Å². The van der Waals surface area contributed by atoms with E-state index in [1.807, 2.05) is 0 Å². The molecule has 8 nitrogen and oxygen atoms in total. The molecule has 2 rings (SSSR count). The first-order chi connectivity index (χ1) is 12.6. The number of nitrogens with zero attached hydrogens (tertiary/aromatic N) is 3. The maximum atomic E-state index is 13.3. The monoisotopic (exact) mass is 386 g/mol. The van der Waals surface area contributed by atoms with Gasteiger partial charge in [0.2, 0.25) is 5.91 Å². The van der Waals surface area contributed by atoms with Crippen LogP contribution in [0, 0.1) is 0 Å². The van der Waals surface area contributed by atoms with Gasteiger partial charge in [-0.15, -0.1) is 5.10 Å². The Kier molecular flexibility index (Phi) is 6.03. The number of hydrogen-bond acceptors (Lipinski definition) is 5. The molecular weight excluding hydrogens is 369 g/mol. The Hall–Kier alpha value is -3.11. The fourth-order valence-corrected chi connectivity index (χ4v) is 2.19. The molecule has 11 heteroatoms. The van der Waals surface area contributed by atoms with Crippen LogP contribution < -0.4 is 10.1 Å². The highest BCUT2D eigenvalue weighted by molar-refractivity contribution is 5.84. The van der Waals surface area contributed by atoms with Gasteiger partial charge in [0, 0.05) is 6.54 Å². The van der Waals surface area contributed by atoms with E-state index in [0.29, 0.717) is 0 Å². The lowest BCUT2D eigenvalue weighted by molar-refractivity contribution is -0.138. The van der Waals surface area contributed by atoms with Crippen molar-refractivity contribution < 1.29 is 32.6 Å². The van der Waals surface area contributed by atoms with Crippen LogP contribution in [0.1, 0.15) is 35.5 Å². The molecule has 0 radical (unpaired) electrons. The van der Waals surface area contributed by atoms with Crippen LogP contribution in [0.25, 0.3) is 0 Å². The minimum absolute atomic E-state index is 0.0798. The molecule has 0 aliphatic rings. The summed E-state index contributed by atoms with van der Waals surface area (Å²) in [5.74, 6) is -1.87. The molecular formula is C16H17F3N4O4. The van der Waals surface area contributed by atoms with Gasteiger partial charge in [0.15, 0.2) is 5.69 Å². The number of carboxylic acid groups (broad SMARTS) is 1. The number of carboxylic acids is 1. The number of aromatic carboxylic acids is 1. The van der Waals surface area contributed by atoms with Crippen LogP contribution in [0.15, 0.2) is 24.4 Å². The predicted octanol–water partition coefficient (Wildman–Crippen LogP) is 2.10. The van der Waals surface area contributed by atoms with Crippen molar-refractivity contribution in [2.75, 3.05) is 0 Å². The molecule has 0 aliphatic carbocycles. The second-order valence-corrected chi connectivity index (χ2v) is 5.87. The summed E-state index contributed by atoms with van der Waals surface area (Å²) in [4.78, 5) is 22.6. The molecule has 2 N–H and O–H groups in total. The van der Waals surface area contributed by atoms with Gasteiger partial charge in [0.05, 0.1) is 17.9 Å². The minimum Gasteiger partial charge on any atom is -0.491 e. The maximum Gasteiger partial charge on any atom is 0.416 e. The largest absolute Gasteiger partial charge is 0.491 e. The zero-order chi connectivity index (χ0) is 20.2. The van der Waals surface area contributed by atoms with Gasteiger partial charge < -0.3 is 15.2 Å². The molecule has 0 saturated heterocycles. The topological polar surface area (TPSA) is 106 Å². The van der Waals surface area contributed by atoms with Crippen molar-refractivity contribution in [1.82, 2.24) is 20.3 Å². The number of rotatable bonds is 7. The molecule has 0 fully saturated rings. The standard InChI is InChI=1S/C16H17F3N4O4/c1-9(2)27-11-4-3-10(12(5-11)16(17,18)19)6-20-14(24)8-23-7-13(15(25)26)21-22-23/h3-5,7,9H,6,8H2,1-2H3,(H,20,24)(H,25,26). The summed E-state index contributed by atoms with van der Waals surface area (Å²) in [6.07, 6.45) is -3.85. The van der Waals surface area contributed by atoms with Gasteiger partial charge in [-0.05, 0) is 31.5 Å². The highest BCUT2D eigenvalue weighted by Gasteiger charge is 2.34. The smallest absolute Gasteiger partial charge is 0.416 e. The Balaban J connectivity index is 2.07. The molecule has 0 aliphatic heterocycles. The van der Waals surface area contributed by atoms with Gasteiger partial charge in [0.1, 0.15) is 12.3 Å². The van der Waals surface area contributed by atoms with Gasteiger partial charge >= 0.3 is 12.1 Å². The summed E-state index contributed by atoms with van der Waals surface area (Å²) >= 11 is 0. The second-order valence-electron chi connectivity index (χ2n) is 5.87. The van der Waals surface area contributed by atoms with E-state index in [1.54, 1.807) is 13.8 Å². The van der Waals surface area contributed by atoms with Gasteiger partial charge in [-0.2, -0.15) is 13.2 Å². The molecule has 0 saturated carbocycles. The Labute approximate surface area is 151 Å². The Morgan fingerprint density at radius 2 is 2.04 bits per heavy atom. The molecule has 1 heterocycles. The van der Waals surface area contributed by atoms with E-state index in [1.165, 1.54) is 12.1 Å². The van der Waals surface area contributed by atoms with Gasteiger partial charge in [-0.1, -0.05) is 11.3 Å². The third-order valence-corrected chi connectivity index (χ3v) is 3.30. The van der Waals surface area contributed by atoms with Crippen LogP contribution in [0.3, 0.4) is 0 Å². The molecule has 0 unspecified atom stereocenters. The molecule has 146 valence electrons. The number of benzene rings is 1. The third kappa shape index (κ3) is 5.69. The molecule has 0 spiro atoms. The highest BCUT2D eigenvalue weighted by Crippen LogP contribution is 2.34. The van der Waals surface area contributed by atoms with E-state index in [-0.39, 0.29) is 36.2 Å². The number of amides is 1. The fourth-order valence-electron chi connectivity index (χ4n) is 2.19. The normalized spacial score (nSPS) is 11.5. The average Bonchev–Trinajstić information content (AvgIpc) is 3.01. The van der Waals surface area contributed by atoms with Crippen molar-refractivity contribution in [3.63, 3.8) is 0 Å². The number of carbonyl (C=O) groups is 2. The van der Waals surface area contributed by atoms with Crippen LogP contribution in [0.2, 0.25) is 0 Å². The SMILES string of the molecule is CC(C)Oc1ccc(CNC(=O)Cn2cc(C(=O)O)nn2)c(C(F)(F)F)c1. The van der Waals surface area contributed by atoms with Crippen LogP contribution in [-0.2, 0) is 24.1 Å². The van der Waals surface area contributed by atoms with Crippen molar-refractivity contribution >= 4 is 11.9 Å². The number of halogens is 3. The van der Waals surface area contributed by atoms with Gasteiger partial charge in [-0.3, -0.25) is 4.79 Å². The van der Waals surface area contributed by atoms with Crippen LogP contribution in [-0.4, -0.2) is 38.1 Å². The molecule has 0 bridgehead atoms. The number of carbonyl (C=O) groups excluding carboxylic acids is 1. The first kappa shape index (κ1) is 20.2. The van der Waals surface area contributed by atoms with E-state index in [0.717, 1.165) is 16.9 Å². The molecule has 2 aromatic rings. The lowest BCUT2D eigenvalue weighted by Gasteiger charge is -2.16. The van der Waals surface area contributed by atoms with E-state index in [9.17, 15) is 22.8 Å². The van der Waals surface area contributed by atoms with Crippen LogP contribution in [0.4, 0.5) is 13.2 Å². The lowest BCUT2D eigenvalue weighted by atomic mass is 10.1. The number of nitrogens with one attached hydrogen (secondary N) is 1. The summed E-state index contributed by atoms with van der Waals surface area (Å²) in [6, 6.07) is 3.52. The van der Waals surface area contributed by atoms with Crippen molar-refractivity contribution in [3.05, 3.63) is 41.2 Å². The summed E-state index contributed by atoms with van der Waals surface area (Å²) in [5, 5.41) is 17.9. The van der Waals surface area contributed by atoms with Crippen LogP contribution >= 0.6 is 0 Å². The van der Waals surface area contributed by atoms with Crippen molar-refractivity contribution in [2.24, 2.45) is 0 Å². The number of hydrogen-bond donors (Lipinski definition) is 2. The zero-order valence-electron chi connectivity index (χ0n) is 14.4. The van der Waals surface area contributed by atoms with Crippen molar-refractivity contribution in [2.45, 2.75) is 39.2 Å². The number of ether oxygens (including phenoxy) is 1. The summed E-state index contributed by atoms with van der Waals surface area (Å²) in [5.41, 5.74) is -1.38. The molecule has 1 aromatic carbocycles. The Morgan fingerprint density at radius 3 is 2.59 bits per heavy atom. The fraction of sp³-hybridized carbons (Fsp3) is 0.375. The van der Waals surface area contributed by atoms with Gasteiger partial charge in [0.25, 0.3) is 0 Å². The first-order valence-electron chi connectivity index (χ1n) is 7.83. The summed E-state index contributed by atoms with van der Waals surface area (Å²) in [6.45, 7) is 2.65. The first-order valence-corrected chi connectivity index (χ1v) is 7.83. The van der Waals surface area contributed by atoms with Crippen molar-refractivity contribution in [3.8, 4) is 5.75 Å². The molecule has 1 amide bonds. The third-order valence-electron chi connectivity index (χ3n) is 3.30. The van der Waals surface area contributed by atoms with E-state index >= 15 is 0 Å². The summed E-state index contributed by atoms with van der Waals surface area (Å²) in [7, 11) is 0. The number of alkyl halides is 3. The quantitative estimate of drug-likeness (QED) is 0.755. The summed E-state index contributed by atoms with van der Waals surface area (Å²) < 4.78 is 46.1. The Bertz CT molecular complexity index is 833. The highest BCUT2D eigenvalue weighted by atomic mass is 19.4. The van der Waals surface area contributed by atoms with Crippen LogP contribution in [0.5, 0.6) is 5.75 Å². The maximum absolute atomic E-state index is 13.3. The van der Waals surface area contributed by atoms with E-state index in [2.05, 4.69) is 15.6 Å². The zero-order valence-corrected chi connectivity index (χ0v) is 14.4. The molecule has 0 atom stereocenters. The van der Waals surface area contributed by atoms with Gasteiger partial charge in [-0.25, -0.2) is 9.48 Å². The lowest BCUT2D eigenvalue weighted by Crippen LogP contribution is -2.28. The molecule has 27 heavy (non-hydrogen) atoms. The minimum atomic E-state index is -4.61.